The Hall–Kier alpha value is -1.30. The molecular weight excluding hydrogens is 236 g/mol. The van der Waals surface area contributed by atoms with Gasteiger partial charge in [0.15, 0.2) is 0 Å². The van der Waals surface area contributed by atoms with Crippen LogP contribution in [-0.4, -0.2) is 40.9 Å². The summed E-state index contributed by atoms with van der Waals surface area (Å²) in [5, 5.41) is 22.8. The third kappa shape index (κ3) is 5.35. The maximum absolute atomic E-state index is 11.6. The van der Waals surface area contributed by atoms with Crippen LogP contribution in [0.25, 0.3) is 0 Å². The number of aliphatic hydroxyl groups is 1. The summed E-state index contributed by atoms with van der Waals surface area (Å²) in [6, 6.07) is -1.35. The second kappa shape index (κ2) is 7.92. The summed E-state index contributed by atoms with van der Waals surface area (Å²) < 4.78 is 0. The van der Waals surface area contributed by atoms with Crippen molar-refractivity contribution in [1.29, 1.82) is 0 Å². The second-order valence-corrected chi connectivity index (χ2v) is 4.71. The van der Waals surface area contributed by atoms with Crippen molar-refractivity contribution in [2.24, 2.45) is 0 Å². The van der Waals surface area contributed by atoms with Crippen LogP contribution in [0.4, 0.5) is 4.79 Å². The molecule has 1 aliphatic carbocycles. The molecule has 0 radical (unpaired) electrons. The minimum absolute atomic E-state index is 0.0213. The fourth-order valence-corrected chi connectivity index (χ4v) is 2.20. The lowest BCUT2D eigenvalue weighted by atomic mass is 10.1. The Morgan fingerprint density at radius 3 is 2.28 bits per heavy atom. The van der Waals surface area contributed by atoms with Gasteiger partial charge in [0.1, 0.15) is 6.04 Å². The van der Waals surface area contributed by atoms with Crippen molar-refractivity contribution in [3.63, 3.8) is 0 Å². The zero-order valence-corrected chi connectivity index (χ0v) is 10.5. The van der Waals surface area contributed by atoms with Gasteiger partial charge in [0.05, 0.1) is 0 Å². The van der Waals surface area contributed by atoms with Crippen molar-refractivity contribution >= 4 is 12.0 Å². The van der Waals surface area contributed by atoms with Crippen LogP contribution in [0.1, 0.15) is 44.9 Å². The summed E-state index contributed by atoms with van der Waals surface area (Å²) >= 11 is 0. The van der Waals surface area contributed by atoms with E-state index in [1.54, 1.807) is 0 Å². The van der Waals surface area contributed by atoms with Gasteiger partial charge in [0, 0.05) is 19.1 Å². The number of carbonyl (C=O) groups is 2. The maximum Gasteiger partial charge on any atom is 0.326 e. The van der Waals surface area contributed by atoms with E-state index in [-0.39, 0.29) is 19.1 Å². The summed E-state index contributed by atoms with van der Waals surface area (Å²) in [4.78, 5) is 22.5. The third-order valence-corrected chi connectivity index (χ3v) is 3.21. The van der Waals surface area contributed by atoms with Crippen LogP contribution in [0.2, 0.25) is 0 Å². The summed E-state index contributed by atoms with van der Waals surface area (Å²) in [7, 11) is 0. The van der Waals surface area contributed by atoms with E-state index in [0.29, 0.717) is 0 Å². The number of nitrogens with one attached hydrogen (secondary N) is 2. The minimum Gasteiger partial charge on any atom is -0.480 e. The first-order valence-electron chi connectivity index (χ1n) is 6.54. The summed E-state index contributed by atoms with van der Waals surface area (Å²) in [5.41, 5.74) is 0. The molecule has 0 aliphatic heterocycles. The van der Waals surface area contributed by atoms with E-state index < -0.39 is 18.0 Å². The topological polar surface area (TPSA) is 98.7 Å². The van der Waals surface area contributed by atoms with E-state index >= 15 is 0 Å². The van der Waals surface area contributed by atoms with Crippen molar-refractivity contribution in [3.05, 3.63) is 0 Å². The zero-order valence-electron chi connectivity index (χ0n) is 10.5. The van der Waals surface area contributed by atoms with Gasteiger partial charge < -0.3 is 20.8 Å². The Balaban J connectivity index is 2.36. The summed E-state index contributed by atoms with van der Waals surface area (Å²) in [5.74, 6) is -1.12. The molecule has 1 aliphatic rings. The molecule has 1 atom stereocenters. The monoisotopic (exact) mass is 258 g/mol. The number of rotatable bonds is 5. The summed E-state index contributed by atoms with van der Waals surface area (Å²) in [6.07, 6.45) is 6.52. The molecule has 104 valence electrons. The smallest absolute Gasteiger partial charge is 0.326 e. The first-order chi connectivity index (χ1) is 8.63. The SMILES string of the molecule is O=C(NC1CCCCCC1)N[C@@H](CCO)C(=O)O. The number of carboxylic acid groups (broad SMARTS) is 1. The Morgan fingerprint density at radius 1 is 1.17 bits per heavy atom. The van der Waals surface area contributed by atoms with Crippen molar-refractivity contribution in [3.8, 4) is 0 Å². The third-order valence-electron chi connectivity index (χ3n) is 3.21. The van der Waals surface area contributed by atoms with Gasteiger partial charge >= 0.3 is 12.0 Å². The first-order valence-corrected chi connectivity index (χ1v) is 6.54. The van der Waals surface area contributed by atoms with Crippen molar-refractivity contribution in [1.82, 2.24) is 10.6 Å². The fraction of sp³-hybridized carbons (Fsp3) is 0.833. The van der Waals surface area contributed by atoms with Crippen LogP contribution in [0.15, 0.2) is 0 Å². The van der Waals surface area contributed by atoms with Crippen LogP contribution >= 0.6 is 0 Å². The molecule has 4 N–H and O–H groups in total. The molecule has 0 bridgehead atoms. The Labute approximate surface area is 107 Å². The molecule has 2 amide bonds. The lowest BCUT2D eigenvalue weighted by Crippen LogP contribution is -2.49. The molecule has 6 heteroatoms. The highest BCUT2D eigenvalue weighted by molar-refractivity contribution is 5.82. The molecule has 1 fully saturated rings. The summed E-state index contributed by atoms with van der Waals surface area (Å²) in [6.45, 7) is -0.263. The highest BCUT2D eigenvalue weighted by Crippen LogP contribution is 2.16. The molecule has 0 aromatic rings. The van der Waals surface area contributed by atoms with Gasteiger partial charge in [-0.2, -0.15) is 0 Å². The lowest BCUT2D eigenvalue weighted by molar-refractivity contribution is -0.139. The zero-order chi connectivity index (χ0) is 13.4. The molecule has 0 aromatic heterocycles. The van der Waals surface area contributed by atoms with E-state index in [0.717, 1.165) is 25.7 Å². The molecule has 6 nitrogen and oxygen atoms in total. The highest BCUT2D eigenvalue weighted by Gasteiger charge is 2.21. The number of urea groups is 1. The quantitative estimate of drug-likeness (QED) is 0.549. The number of hydrogen-bond acceptors (Lipinski definition) is 3. The van der Waals surface area contributed by atoms with E-state index in [4.69, 9.17) is 10.2 Å². The number of aliphatic carboxylic acids is 1. The largest absolute Gasteiger partial charge is 0.480 e. The molecule has 0 heterocycles. The molecule has 1 saturated carbocycles. The van der Waals surface area contributed by atoms with E-state index in [9.17, 15) is 9.59 Å². The van der Waals surface area contributed by atoms with Gasteiger partial charge in [-0.25, -0.2) is 9.59 Å². The van der Waals surface area contributed by atoms with E-state index in [2.05, 4.69) is 10.6 Å². The number of amides is 2. The minimum atomic E-state index is -1.12. The highest BCUT2D eigenvalue weighted by atomic mass is 16.4. The first kappa shape index (κ1) is 14.8. The van der Waals surface area contributed by atoms with E-state index in [1.165, 1.54) is 12.8 Å². The molecule has 0 spiro atoms. The van der Waals surface area contributed by atoms with Crippen molar-refractivity contribution in [2.45, 2.75) is 57.0 Å². The molecule has 0 unspecified atom stereocenters. The van der Waals surface area contributed by atoms with Crippen LogP contribution in [0.5, 0.6) is 0 Å². The predicted octanol–water partition coefficient (Wildman–Crippen LogP) is 0.844. The predicted molar refractivity (Wildman–Crippen MR) is 66.3 cm³/mol. The second-order valence-electron chi connectivity index (χ2n) is 4.71. The Kier molecular flexibility index (Phi) is 6.49. The van der Waals surface area contributed by atoms with Crippen molar-refractivity contribution in [2.75, 3.05) is 6.61 Å². The molecular formula is C12H22N2O4. The number of carboxylic acids is 1. The normalized spacial score (nSPS) is 18.7. The van der Waals surface area contributed by atoms with Gasteiger partial charge in [-0.1, -0.05) is 25.7 Å². The number of hydrogen-bond donors (Lipinski definition) is 4. The molecule has 0 saturated heterocycles. The van der Waals surface area contributed by atoms with Crippen LogP contribution in [-0.2, 0) is 4.79 Å². The van der Waals surface area contributed by atoms with E-state index in [1.807, 2.05) is 0 Å². The Bertz CT molecular complexity index is 275. The van der Waals surface area contributed by atoms with Gasteiger partial charge in [-0.05, 0) is 12.8 Å². The standard InChI is InChI=1S/C12H22N2O4/c15-8-7-10(11(16)17)14-12(18)13-9-5-3-1-2-4-6-9/h9-10,15H,1-8H2,(H,16,17)(H2,13,14,18)/t10-/m0/s1. The van der Waals surface area contributed by atoms with Crippen LogP contribution in [0, 0.1) is 0 Å². The molecule has 0 aromatic carbocycles. The average Bonchev–Trinajstić information content (AvgIpc) is 2.57. The van der Waals surface area contributed by atoms with Gasteiger partial charge in [-0.15, -0.1) is 0 Å². The maximum atomic E-state index is 11.6. The Morgan fingerprint density at radius 2 is 1.78 bits per heavy atom. The van der Waals surface area contributed by atoms with Crippen LogP contribution in [0.3, 0.4) is 0 Å². The lowest BCUT2D eigenvalue weighted by Gasteiger charge is -2.19. The average molecular weight is 258 g/mol. The van der Waals surface area contributed by atoms with Gasteiger partial charge in [0.25, 0.3) is 0 Å². The number of carbonyl (C=O) groups excluding carboxylic acids is 1. The number of aliphatic hydroxyl groups excluding tert-OH is 1. The van der Waals surface area contributed by atoms with Gasteiger partial charge in [0.2, 0.25) is 0 Å². The molecule has 1 rings (SSSR count). The van der Waals surface area contributed by atoms with Gasteiger partial charge in [-0.3, -0.25) is 0 Å². The molecule has 18 heavy (non-hydrogen) atoms. The van der Waals surface area contributed by atoms with Crippen molar-refractivity contribution < 1.29 is 19.8 Å². The van der Waals surface area contributed by atoms with Crippen LogP contribution < -0.4 is 10.6 Å². The fourth-order valence-electron chi connectivity index (χ4n) is 2.20.